The van der Waals surface area contributed by atoms with Gasteiger partial charge in [0.1, 0.15) is 6.04 Å². The van der Waals surface area contributed by atoms with Crippen LogP contribution >= 0.6 is 0 Å². The lowest BCUT2D eigenvalue weighted by atomic mass is 10.1. The van der Waals surface area contributed by atoms with E-state index in [4.69, 9.17) is 11.5 Å². The van der Waals surface area contributed by atoms with E-state index in [0.29, 0.717) is 19.4 Å². The van der Waals surface area contributed by atoms with E-state index >= 15 is 0 Å². The highest BCUT2D eigenvalue weighted by atomic mass is 16.2. The predicted octanol–water partition coefficient (Wildman–Crippen LogP) is 0.162. The third kappa shape index (κ3) is 7.19. The summed E-state index contributed by atoms with van der Waals surface area (Å²) in [4.78, 5) is 23.6. The Morgan fingerprint density at radius 2 is 1.73 bits per heavy atom. The molecule has 22 heavy (non-hydrogen) atoms. The third-order valence-corrected chi connectivity index (χ3v) is 2.97. The van der Waals surface area contributed by atoms with Gasteiger partial charge in [-0.2, -0.15) is 0 Å². The summed E-state index contributed by atoms with van der Waals surface area (Å²) in [7, 11) is 1.52. The third-order valence-electron chi connectivity index (χ3n) is 2.97. The van der Waals surface area contributed by atoms with Gasteiger partial charge in [-0.1, -0.05) is 44.2 Å². The van der Waals surface area contributed by atoms with E-state index in [0.717, 1.165) is 5.56 Å². The summed E-state index contributed by atoms with van der Waals surface area (Å²) in [6.45, 7) is 4.31. The maximum absolute atomic E-state index is 12.0. The molecule has 1 aromatic carbocycles. The van der Waals surface area contributed by atoms with Crippen LogP contribution in [-0.4, -0.2) is 37.5 Å². The average molecular weight is 308 g/mol. The molecule has 2 unspecified atom stereocenters. The Labute approximate surface area is 132 Å². The predicted molar refractivity (Wildman–Crippen MR) is 89.1 cm³/mol. The summed E-state index contributed by atoms with van der Waals surface area (Å²) < 4.78 is 0. The molecular weight excluding hydrogens is 280 g/mol. The topological polar surface area (TPSA) is 110 Å². The van der Waals surface area contributed by atoms with E-state index in [1.807, 2.05) is 44.2 Å². The van der Waals surface area contributed by atoms with E-state index in [9.17, 15) is 9.59 Å². The first-order valence-corrected chi connectivity index (χ1v) is 7.60. The SMILES string of the molecule is CC.CNC(=O)C(CCN)NC(=O)C(N)Cc1ccccc1. The molecule has 0 saturated heterocycles. The molecule has 0 radical (unpaired) electrons. The minimum atomic E-state index is -0.692. The lowest BCUT2D eigenvalue weighted by Gasteiger charge is -2.19. The zero-order chi connectivity index (χ0) is 17.0. The summed E-state index contributed by atoms with van der Waals surface area (Å²) in [6.07, 6.45) is 0.805. The minimum absolute atomic E-state index is 0.268. The number of nitrogens with two attached hydrogens (primary N) is 2. The maximum Gasteiger partial charge on any atom is 0.242 e. The van der Waals surface area contributed by atoms with Crippen molar-refractivity contribution in [1.82, 2.24) is 10.6 Å². The number of likely N-dealkylation sites (N-methyl/N-ethyl adjacent to an activating group) is 1. The Morgan fingerprint density at radius 1 is 1.14 bits per heavy atom. The van der Waals surface area contributed by atoms with Crippen LogP contribution < -0.4 is 22.1 Å². The molecule has 0 bridgehead atoms. The first-order valence-electron chi connectivity index (χ1n) is 7.60. The quantitative estimate of drug-likeness (QED) is 0.575. The van der Waals surface area contributed by atoms with E-state index in [1.54, 1.807) is 0 Å². The second kappa shape index (κ2) is 11.7. The molecule has 2 atom stereocenters. The Balaban J connectivity index is 0.00000211. The van der Waals surface area contributed by atoms with Crippen LogP contribution in [0.25, 0.3) is 0 Å². The first-order chi connectivity index (χ1) is 10.6. The van der Waals surface area contributed by atoms with Crippen LogP contribution in [-0.2, 0) is 16.0 Å². The zero-order valence-corrected chi connectivity index (χ0v) is 13.6. The molecule has 0 aliphatic rings. The van der Waals surface area contributed by atoms with E-state index in [2.05, 4.69) is 10.6 Å². The van der Waals surface area contributed by atoms with Crippen molar-refractivity contribution in [3.63, 3.8) is 0 Å². The van der Waals surface area contributed by atoms with Gasteiger partial charge >= 0.3 is 0 Å². The molecule has 6 N–H and O–H groups in total. The Hall–Kier alpha value is -1.92. The lowest BCUT2D eigenvalue weighted by molar-refractivity contribution is -0.129. The van der Waals surface area contributed by atoms with Crippen molar-refractivity contribution in [1.29, 1.82) is 0 Å². The number of hydrogen-bond acceptors (Lipinski definition) is 4. The van der Waals surface area contributed by atoms with Gasteiger partial charge in [-0.3, -0.25) is 9.59 Å². The van der Waals surface area contributed by atoms with Crippen molar-refractivity contribution < 1.29 is 9.59 Å². The van der Waals surface area contributed by atoms with Crippen molar-refractivity contribution in [2.75, 3.05) is 13.6 Å². The number of amides is 2. The summed E-state index contributed by atoms with van der Waals surface area (Å²) in [5.74, 6) is -0.619. The summed E-state index contributed by atoms with van der Waals surface area (Å²) in [5.41, 5.74) is 12.3. The number of carbonyl (C=O) groups excluding carboxylic acids is 2. The molecule has 1 aromatic rings. The van der Waals surface area contributed by atoms with Gasteiger partial charge in [0.05, 0.1) is 6.04 Å². The Kier molecular flexibility index (Phi) is 10.7. The van der Waals surface area contributed by atoms with Gasteiger partial charge in [-0.15, -0.1) is 0 Å². The molecule has 2 amide bonds. The molecule has 0 heterocycles. The van der Waals surface area contributed by atoms with Crippen LogP contribution in [0.4, 0.5) is 0 Å². The average Bonchev–Trinajstić information content (AvgIpc) is 2.56. The zero-order valence-electron chi connectivity index (χ0n) is 13.6. The molecule has 0 aliphatic heterocycles. The Bertz CT molecular complexity index is 437. The molecule has 0 fully saturated rings. The van der Waals surface area contributed by atoms with Gasteiger partial charge in [0.15, 0.2) is 0 Å². The molecule has 0 aromatic heterocycles. The molecule has 6 heteroatoms. The number of nitrogens with one attached hydrogen (secondary N) is 2. The molecule has 0 spiro atoms. The minimum Gasteiger partial charge on any atom is -0.357 e. The van der Waals surface area contributed by atoms with Crippen molar-refractivity contribution >= 4 is 11.8 Å². The largest absolute Gasteiger partial charge is 0.357 e. The van der Waals surface area contributed by atoms with Crippen LogP contribution in [0.5, 0.6) is 0 Å². The molecule has 6 nitrogen and oxygen atoms in total. The van der Waals surface area contributed by atoms with Crippen LogP contribution in [0.2, 0.25) is 0 Å². The van der Waals surface area contributed by atoms with Crippen LogP contribution in [0.1, 0.15) is 25.8 Å². The summed E-state index contributed by atoms with van der Waals surface area (Å²) in [5, 5.41) is 5.13. The second-order valence-corrected chi connectivity index (χ2v) is 4.55. The smallest absolute Gasteiger partial charge is 0.242 e. The second-order valence-electron chi connectivity index (χ2n) is 4.55. The van der Waals surface area contributed by atoms with E-state index < -0.39 is 12.1 Å². The monoisotopic (exact) mass is 308 g/mol. The van der Waals surface area contributed by atoms with Gasteiger partial charge < -0.3 is 22.1 Å². The molecule has 0 saturated carbocycles. The van der Waals surface area contributed by atoms with Gasteiger partial charge in [0.2, 0.25) is 11.8 Å². The highest BCUT2D eigenvalue weighted by molar-refractivity contribution is 5.89. The van der Waals surface area contributed by atoms with Gasteiger partial charge in [0, 0.05) is 7.05 Å². The fourth-order valence-electron chi connectivity index (χ4n) is 1.85. The summed E-state index contributed by atoms with van der Waals surface area (Å²) >= 11 is 0. The van der Waals surface area contributed by atoms with Crippen LogP contribution in [0, 0.1) is 0 Å². The number of carbonyl (C=O) groups is 2. The van der Waals surface area contributed by atoms with E-state index in [-0.39, 0.29) is 11.8 Å². The fraction of sp³-hybridized carbons (Fsp3) is 0.500. The van der Waals surface area contributed by atoms with Crippen LogP contribution in [0.3, 0.4) is 0 Å². The normalized spacial score (nSPS) is 12.4. The maximum atomic E-state index is 12.0. The number of benzene rings is 1. The van der Waals surface area contributed by atoms with Crippen LogP contribution in [0.15, 0.2) is 30.3 Å². The van der Waals surface area contributed by atoms with Gasteiger partial charge in [0.25, 0.3) is 0 Å². The standard InChI is InChI=1S/C14H22N4O2.C2H6/c1-17-14(20)12(7-8-15)18-13(19)11(16)9-10-5-3-2-4-6-10;1-2/h2-6,11-12H,7-9,15-16H2,1H3,(H,17,20)(H,18,19);1-2H3. The molecule has 1 rings (SSSR count). The van der Waals surface area contributed by atoms with Gasteiger partial charge in [-0.25, -0.2) is 0 Å². The van der Waals surface area contributed by atoms with Crippen molar-refractivity contribution in [2.45, 2.75) is 38.8 Å². The summed E-state index contributed by atoms with van der Waals surface area (Å²) in [6, 6.07) is 8.16. The molecular formula is C16H28N4O2. The van der Waals surface area contributed by atoms with Crippen molar-refractivity contribution in [3.05, 3.63) is 35.9 Å². The highest BCUT2D eigenvalue weighted by Gasteiger charge is 2.22. The molecule has 0 aliphatic carbocycles. The van der Waals surface area contributed by atoms with Gasteiger partial charge in [-0.05, 0) is 24.9 Å². The first kappa shape index (κ1) is 20.1. The number of hydrogen-bond donors (Lipinski definition) is 4. The Morgan fingerprint density at radius 3 is 2.23 bits per heavy atom. The lowest BCUT2D eigenvalue weighted by Crippen LogP contribution is -2.52. The molecule has 124 valence electrons. The van der Waals surface area contributed by atoms with E-state index in [1.165, 1.54) is 7.05 Å². The van der Waals surface area contributed by atoms with Crippen molar-refractivity contribution in [3.8, 4) is 0 Å². The fourth-order valence-corrected chi connectivity index (χ4v) is 1.85. The van der Waals surface area contributed by atoms with Crippen molar-refractivity contribution in [2.24, 2.45) is 11.5 Å². The highest BCUT2D eigenvalue weighted by Crippen LogP contribution is 2.02. The number of rotatable bonds is 7.